The van der Waals surface area contributed by atoms with Crippen molar-refractivity contribution in [3.05, 3.63) is 22.2 Å². The first-order chi connectivity index (χ1) is 5.15. The molecule has 1 rings (SSSR count). The van der Waals surface area contributed by atoms with Gasteiger partial charge in [0.25, 0.3) is 0 Å². The highest BCUT2D eigenvalue weighted by atomic mass is 79.9. The molecular formula is C7H8BrN3. The Bertz CT molecular complexity index is 273. The van der Waals surface area contributed by atoms with Crippen molar-refractivity contribution in [1.29, 1.82) is 5.41 Å². The minimum absolute atomic E-state index is 0.520. The van der Waals surface area contributed by atoms with E-state index in [1.807, 2.05) is 0 Å². The fraction of sp³-hybridized carbons (Fsp3) is 0. The third kappa shape index (κ3) is 1.51. The van der Waals surface area contributed by atoms with Crippen LogP contribution >= 0.6 is 15.9 Å². The first-order valence-corrected chi connectivity index (χ1v) is 3.79. The van der Waals surface area contributed by atoms with Gasteiger partial charge in [-0.25, -0.2) is 0 Å². The molecular weight excluding hydrogens is 206 g/mol. The Morgan fingerprint density at radius 3 is 2.09 bits per heavy atom. The van der Waals surface area contributed by atoms with Gasteiger partial charge in [-0.05, 0) is 12.1 Å². The third-order valence-corrected chi connectivity index (χ3v) is 1.81. The van der Waals surface area contributed by atoms with E-state index in [1.165, 1.54) is 0 Å². The smallest absolute Gasteiger partial charge is 0.0435 e. The van der Waals surface area contributed by atoms with E-state index in [1.54, 1.807) is 12.1 Å². The molecule has 0 aliphatic rings. The predicted octanol–water partition coefficient (Wildman–Crippen LogP) is 1.61. The number of halogens is 1. The van der Waals surface area contributed by atoms with E-state index in [0.717, 1.165) is 10.7 Å². The van der Waals surface area contributed by atoms with Gasteiger partial charge in [-0.15, -0.1) is 0 Å². The molecule has 0 saturated carbocycles. The van der Waals surface area contributed by atoms with Crippen molar-refractivity contribution in [2.45, 2.75) is 0 Å². The topological polar surface area (TPSA) is 75.9 Å². The number of benzene rings is 1. The Hall–Kier alpha value is -1.03. The van der Waals surface area contributed by atoms with Crippen LogP contribution in [0.1, 0.15) is 5.56 Å². The Morgan fingerprint density at radius 1 is 1.27 bits per heavy atom. The molecule has 58 valence electrons. The van der Waals surface area contributed by atoms with Gasteiger partial charge in [-0.1, -0.05) is 15.9 Å². The highest BCUT2D eigenvalue weighted by Gasteiger charge is 2.01. The molecule has 0 aliphatic carbocycles. The Morgan fingerprint density at radius 2 is 1.73 bits per heavy atom. The van der Waals surface area contributed by atoms with Gasteiger partial charge < -0.3 is 16.9 Å². The van der Waals surface area contributed by atoms with Crippen LogP contribution in [0.15, 0.2) is 16.6 Å². The molecule has 0 aliphatic heterocycles. The van der Waals surface area contributed by atoms with Gasteiger partial charge in [0.1, 0.15) is 0 Å². The second-order valence-electron chi connectivity index (χ2n) is 2.14. The third-order valence-electron chi connectivity index (χ3n) is 1.35. The van der Waals surface area contributed by atoms with Gasteiger partial charge in [0.05, 0.1) is 0 Å². The second-order valence-corrected chi connectivity index (χ2v) is 3.06. The predicted molar refractivity (Wildman–Crippen MR) is 50.9 cm³/mol. The summed E-state index contributed by atoms with van der Waals surface area (Å²) in [5.41, 5.74) is 12.8. The number of nitrogens with two attached hydrogens (primary N) is 2. The van der Waals surface area contributed by atoms with Gasteiger partial charge in [0.15, 0.2) is 0 Å². The molecule has 1 aromatic rings. The van der Waals surface area contributed by atoms with Crippen molar-refractivity contribution in [1.82, 2.24) is 0 Å². The van der Waals surface area contributed by atoms with E-state index in [9.17, 15) is 0 Å². The standard InChI is InChI=1S/C7H8BrN3/c8-4-1-6(10)5(3-9)7(11)2-4/h1-3,9H,10-11H2. The molecule has 4 heteroatoms. The molecule has 0 saturated heterocycles. The Balaban J connectivity index is 3.36. The average molecular weight is 214 g/mol. The highest BCUT2D eigenvalue weighted by Crippen LogP contribution is 2.23. The van der Waals surface area contributed by atoms with Crippen LogP contribution in [0.3, 0.4) is 0 Å². The lowest BCUT2D eigenvalue weighted by atomic mass is 10.1. The van der Waals surface area contributed by atoms with Crippen molar-refractivity contribution in [2.75, 3.05) is 11.5 Å². The number of anilines is 2. The summed E-state index contributed by atoms with van der Waals surface area (Å²) < 4.78 is 0.832. The van der Waals surface area contributed by atoms with Gasteiger partial charge in [-0.2, -0.15) is 0 Å². The Labute approximate surface area is 73.0 Å². The molecule has 5 N–H and O–H groups in total. The van der Waals surface area contributed by atoms with Crippen LogP contribution in [-0.2, 0) is 0 Å². The summed E-state index contributed by atoms with van der Waals surface area (Å²) in [6.45, 7) is 0. The van der Waals surface area contributed by atoms with Crippen molar-refractivity contribution < 1.29 is 0 Å². The largest absolute Gasteiger partial charge is 0.398 e. The number of hydrogen-bond donors (Lipinski definition) is 3. The quantitative estimate of drug-likeness (QED) is 0.490. The van der Waals surface area contributed by atoms with E-state index in [2.05, 4.69) is 15.9 Å². The normalized spacial score (nSPS) is 9.55. The molecule has 0 atom stereocenters. The van der Waals surface area contributed by atoms with Crippen LogP contribution in [0.5, 0.6) is 0 Å². The summed E-state index contributed by atoms with van der Waals surface area (Å²) in [7, 11) is 0. The van der Waals surface area contributed by atoms with E-state index >= 15 is 0 Å². The fourth-order valence-corrected chi connectivity index (χ4v) is 1.32. The summed E-state index contributed by atoms with van der Waals surface area (Å²) in [4.78, 5) is 0. The zero-order valence-corrected chi connectivity index (χ0v) is 7.35. The number of rotatable bonds is 1. The van der Waals surface area contributed by atoms with Crippen LogP contribution in [-0.4, -0.2) is 6.21 Å². The molecule has 0 spiro atoms. The number of nitrogens with one attached hydrogen (secondary N) is 1. The van der Waals surface area contributed by atoms with Gasteiger partial charge in [0.2, 0.25) is 0 Å². The van der Waals surface area contributed by atoms with Crippen LogP contribution in [0, 0.1) is 5.41 Å². The van der Waals surface area contributed by atoms with Crippen LogP contribution in [0.25, 0.3) is 0 Å². The first kappa shape index (κ1) is 8.07. The number of hydrogen-bond acceptors (Lipinski definition) is 3. The van der Waals surface area contributed by atoms with Crippen molar-refractivity contribution >= 4 is 33.5 Å². The minimum atomic E-state index is 0.520. The minimum Gasteiger partial charge on any atom is -0.398 e. The average Bonchev–Trinajstić information content (AvgIpc) is 1.85. The maximum Gasteiger partial charge on any atom is 0.0435 e. The van der Waals surface area contributed by atoms with Crippen LogP contribution < -0.4 is 11.5 Å². The van der Waals surface area contributed by atoms with E-state index in [-0.39, 0.29) is 0 Å². The summed E-state index contributed by atoms with van der Waals surface area (Å²) in [6, 6.07) is 3.44. The molecule has 3 nitrogen and oxygen atoms in total. The molecule has 0 bridgehead atoms. The first-order valence-electron chi connectivity index (χ1n) is 3.00. The zero-order valence-electron chi connectivity index (χ0n) is 5.76. The summed E-state index contributed by atoms with van der Waals surface area (Å²) in [5, 5.41) is 7.00. The van der Waals surface area contributed by atoms with Crippen molar-refractivity contribution in [3.63, 3.8) is 0 Å². The van der Waals surface area contributed by atoms with E-state index in [4.69, 9.17) is 16.9 Å². The van der Waals surface area contributed by atoms with Gasteiger partial charge >= 0.3 is 0 Å². The van der Waals surface area contributed by atoms with Gasteiger partial charge in [0, 0.05) is 27.6 Å². The lowest BCUT2D eigenvalue weighted by Crippen LogP contribution is -1.98. The summed E-state index contributed by atoms with van der Waals surface area (Å²) in [5.74, 6) is 0. The molecule has 0 heterocycles. The zero-order chi connectivity index (χ0) is 8.43. The monoisotopic (exact) mass is 213 g/mol. The molecule has 0 unspecified atom stereocenters. The molecule has 0 radical (unpaired) electrons. The second kappa shape index (κ2) is 2.92. The van der Waals surface area contributed by atoms with E-state index in [0.29, 0.717) is 16.9 Å². The van der Waals surface area contributed by atoms with Gasteiger partial charge in [-0.3, -0.25) is 0 Å². The lowest BCUT2D eigenvalue weighted by Gasteiger charge is -2.03. The molecule has 11 heavy (non-hydrogen) atoms. The van der Waals surface area contributed by atoms with Crippen LogP contribution in [0.4, 0.5) is 11.4 Å². The summed E-state index contributed by atoms with van der Waals surface area (Å²) in [6.07, 6.45) is 1.15. The lowest BCUT2D eigenvalue weighted by molar-refractivity contribution is 1.52. The Kier molecular flexibility index (Phi) is 2.14. The molecule has 0 fully saturated rings. The fourth-order valence-electron chi connectivity index (χ4n) is 0.828. The van der Waals surface area contributed by atoms with Crippen LogP contribution in [0.2, 0.25) is 0 Å². The molecule has 0 aromatic heterocycles. The SMILES string of the molecule is N=Cc1c(N)cc(Br)cc1N. The maximum absolute atomic E-state index is 7.00. The molecule has 1 aromatic carbocycles. The summed E-state index contributed by atoms with van der Waals surface area (Å²) >= 11 is 3.24. The maximum atomic E-state index is 7.00. The van der Waals surface area contributed by atoms with E-state index < -0.39 is 0 Å². The number of nitrogen functional groups attached to an aromatic ring is 2. The molecule has 0 amide bonds. The van der Waals surface area contributed by atoms with Crippen molar-refractivity contribution in [2.24, 2.45) is 0 Å². The van der Waals surface area contributed by atoms with Crippen molar-refractivity contribution in [3.8, 4) is 0 Å². The highest BCUT2D eigenvalue weighted by molar-refractivity contribution is 9.10.